The molecular formula is C22H18ClIN2O3. The quantitative estimate of drug-likeness (QED) is 0.257. The van der Waals surface area contributed by atoms with Crippen molar-refractivity contribution in [1.29, 1.82) is 0 Å². The Bertz CT molecular complexity index is 976. The molecule has 3 rings (SSSR count). The van der Waals surface area contributed by atoms with Gasteiger partial charge in [0.25, 0.3) is 5.91 Å². The molecule has 148 valence electrons. The SMILES string of the molecule is O=C(COc1ccccc1Cl)N/N=C/c1ccc(OCc2ccc(I)cc2)cc1. The summed E-state index contributed by atoms with van der Waals surface area (Å²) in [5, 5.41) is 4.38. The molecule has 5 nitrogen and oxygen atoms in total. The average molecular weight is 521 g/mol. The lowest BCUT2D eigenvalue weighted by molar-refractivity contribution is -0.123. The minimum Gasteiger partial charge on any atom is -0.489 e. The van der Waals surface area contributed by atoms with Crippen LogP contribution in [0.2, 0.25) is 5.02 Å². The minimum absolute atomic E-state index is 0.174. The molecule has 3 aromatic rings. The molecule has 0 saturated heterocycles. The molecule has 0 spiro atoms. The van der Waals surface area contributed by atoms with Gasteiger partial charge in [-0.15, -0.1) is 0 Å². The molecule has 0 bridgehead atoms. The van der Waals surface area contributed by atoms with E-state index < -0.39 is 0 Å². The fraction of sp³-hybridized carbons (Fsp3) is 0.0909. The highest BCUT2D eigenvalue weighted by Crippen LogP contribution is 2.22. The Morgan fingerprint density at radius 1 is 1.00 bits per heavy atom. The first-order chi connectivity index (χ1) is 14.1. The van der Waals surface area contributed by atoms with E-state index in [1.165, 1.54) is 3.57 Å². The summed E-state index contributed by atoms with van der Waals surface area (Å²) in [5.74, 6) is 0.839. The molecule has 0 aliphatic carbocycles. The van der Waals surface area contributed by atoms with Crippen molar-refractivity contribution < 1.29 is 14.3 Å². The summed E-state index contributed by atoms with van der Waals surface area (Å²) in [6, 6.07) is 22.6. The summed E-state index contributed by atoms with van der Waals surface area (Å²) in [6.45, 7) is 0.332. The lowest BCUT2D eigenvalue weighted by Gasteiger charge is -2.07. The Labute approximate surface area is 187 Å². The third kappa shape index (κ3) is 7.07. The van der Waals surface area contributed by atoms with Crippen LogP contribution in [0.25, 0.3) is 0 Å². The van der Waals surface area contributed by atoms with Gasteiger partial charge in [0, 0.05) is 3.57 Å². The van der Waals surface area contributed by atoms with Crippen LogP contribution in [0.5, 0.6) is 11.5 Å². The zero-order valence-corrected chi connectivity index (χ0v) is 18.3. The molecule has 0 aliphatic rings. The number of hydrazone groups is 1. The van der Waals surface area contributed by atoms with Gasteiger partial charge in [0.1, 0.15) is 18.1 Å². The number of hydrogen-bond donors (Lipinski definition) is 1. The molecule has 29 heavy (non-hydrogen) atoms. The summed E-state index contributed by atoms with van der Waals surface area (Å²) in [4.78, 5) is 11.8. The largest absolute Gasteiger partial charge is 0.489 e. The molecule has 1 N–H and O–H groups in total. The highest BCUT2D eigenvalue weighted by Gasteiger charge is 2.04. The van der Waals surface area contributed by atoms with Gasteiger partial charge in [-0.2, -0.15) is 5.10 Å². The first-order valence-electron chi connectivity index (χ1n) is 8.77. The minimum atomic E-state index is -0.376. The van der Waals surface area contributed by atoms with Gasteiger partial charge in [-0.25, -0.2) is 5.43 Å². The van der Waals surface area contributed by atoms with Crippen molar-refractivity contribution in [2.75, 3.05) is 6.61 Å². The molecule has 0 heterocycles. The monoisotopic (exact) mass is 520 g/mol. The predicted molar refractivity (Wildman–Crippen MR) is 123 cm³/mol. The van der Waals surface area contributed by atoms with Crippen LogP contribution in [0.1, 0.15) is 11.1 Å². The van der Waals surface area contributed by atoms with Crippen molar-refractivity contribution >= 4 is 46.3 Å². The Hall–Kier alpha value is -2.58. The first-order valence-corrected chi connectivity index (χ1v) is 10.2. The third-order valence-corrected chi connectivity index (χ3v) is 4.83. The molecule has 7 heteroatoms. The van der Waals surface area contributed by atoms with Gasteiger partial charge in [-0.05, 0) is 82.2 Å². The fourth-order valence-electron chi connectivity index (χ4n) is 2.31. The van der Waals surface area contributed by atoms with E-state index in [0.717, 1.165) is 16.9 Å². The lowest BCUT2D eigenvalue weighted by Crippen LogP contribution is -2.24. The first kappa shape index (κ1) is 21.1. The van der Waals surface area contributed by atoms with Crippen LogP contribution in [-0.4, -0.2) is 18.7 Å². The second-order valence-electron chi connectivity index (χ2n) is 6.00. The maximum absolute atomic E-state index is 11.8. The number of hydrogen-bond acceptors (Lipinski definition) is 4. The Morgan fingerprint density at radius 2 is 1.72 bits per heavy atom. The topological polar surface area (TPSA) is 59.9 Å². The van der Waals surface area contributed by atoms with Crippen molar-refractivity contribution in [3.8, 4) is 11.5 Å². The normalized spacial score (nSPS) is 10.7. The van der Waals surface area contributed by atoms with Gasteiger partial charge in [0.05, 0.1) is 11.2 Å². The van der Waals surface area contributed by atoms with Gasteiger partial charge in [-0.3, -0.25) is 4.79 Å². The second kappa shape index (κ2) is 10.8. The Kier molecular flexibility index (Phi) is 7.89. The molecule has 0 fully saturated rings. The molecule has 0 unspecified atom stereocenters. The van der Waals surface area contributed by atoms with E-state index in [4.69, 9.17) is 21.1 Å². The van der Waals surface area contributed by atoms with E-state index in [0.29, 0.717) is 17.4 Å². The highest BCUT2D eigenvalue weighted by atomic mass is 127. The van der Waals surface area contributed by atoms with Crippen LogP contribution in [0, 0.1) is 3.57 Å². The maximum Gasteiger partial charge on any atom is 0.277 e. The summed E-state index contributed by atoms with van der Waals surface area (Å²) < 4.78 is 12.3. The van der Waals surface area contributed by atoms with Crippen LogP contribution in [0.4, 0.5) is 0 Å². The number of nitrogens with zero attached hydrogens (tertiary/aromatic N) is 1. The van der Waals surface area contributed by atoms with Gasteiger partial charge in [0.2, 0.25) is 0 Å². The van der Waals surface area contributed by atoms with E-state index >= 15 is 0 Å². The van der Waals surface area contributed by atoms with E-state index in [-0.39, 0.29) is 12.5 Å². The molecule has 1 amide bonds. The number of benzene rings is 3. The smallest absolute Gasteiger partial charge is 0.277 e. The molecule has 0 radical (unpaired) electrons. The number of para-hydroxylation sites is 1. The van der Waals surface area contributed by atoms with E-state index in [9.17, 15) is 4.79 Å². The van der Waals surface area contributed by atoms with Crippen LogP contribution in [0.15, 0.2) is 77.9 Å². The molecule has 0 saturated carbocycles. The standard InChI is InChI=1S/C22H18ClIN2O3/c23-20-3-1-2-4-21(20)29-15-22(27)26-25-13-16-7-11-19(12-8-16)28-14-17-5-9-18(24)10-6-17/h1-13H,14-15H2,(H,26,27)/b25-13+. The van der Waals surface area contributed by atoms with Crippen molar-refractivity contribution in [1.82, 2.24) is 5.43 Å². The Balaban J connectivity index is 1.42. The van der Waals surface area contributed by atoms with Crippen molar-refractivity contribution in [3.05, 3.63) is 92.5 Å². The van der Waals surface area contributed by atoms with Crippen LogP contribution < -0.4 is 14.9 Å². The molecular weight excluding hydrogens is 503 g/mol. The van der Waals surface area contributed by atoms with Crippen molar-refractivity contribution in [3.63, 3.8) is 0 Å². The lowest BCUT2D eigenvalue weighted by atomic mass is 10.2. The van der Waals surface area contributed by atoms with Crippen LogP contribution in [0.3, 0.4) is 0 Å². The molecule has 0 aromatic heterocycles. The van der Waals surface area contributed by atoms with Gasteiger partial charge in [-0.1, -0.05) is 35.9 Å². The second-order valence-corrected chi connectivity index (χ2v) is 7.65. The summed E-state index contributed by atoms with van der Waals surface area (Å²) in [7, 11) is 0. The number of ether oxygens (including phenoxy) is 2. The number of halogens is 2. The summed E-state index contributed by atoms with van der Waals surface area (Å²) in [6.07, 6.45) is 1.55. The van der Waals surface area contributed by atoms with E-state index in [1.807, 2.05) is 48.5 Å². The van der Waals surface area contributed by atoms with Gasteiger partial charge >= 0.3 is 0 Å². The summed E-state index contributed by atoms with van der Waals surface area (Å²) in [5.41, 5.74) is 4.36. The number of rotatable bonds is 8. The fourth-order valence-corrected chi connectivity index (χ4v) is 2.86. The van der Waals surface area contributed by atoms with Gasteiger partial charge < -0.3 is 9.47 Å². The van der Waals surface area contributed by atoms with E-state index in [1.54, 1.807) is 30.5 Å². The summed E-state index contributed by atoms with van der Waals surface area (Å²) >= 11 is 8.24. The average Bonchev–Trinajstić information content (AvgIpc) is 2.74. The predicted octanol–water partition coefficient (Wildman–Crippen LogP) is 5.05. The van der Waals surface area contributed by atoms with Crippen LogP contribution >= 0.6 is 34.2 Å². The number of nitrogens with one attached hydrogen (secondary N) is 1. The molecule has 3 aromatic carbocycles. The van der Waals surface area contributed by atoms with E-state index in [2.05, 4.69) is 33.1 Å². The zero-order valence-electron chi connectivity index (χ0n) is 15.3. The number of amides is 1. The van der Waals surface area contributed by atoms with Crippen molar-refractivity contribution in [2.45, 2.75) is 6.61 Å². The molecule has 0 atom stereocenters. The Morgan fingerprint density at radius 3 is 2.45 bits per heavy atom. The highest BCUT2D eigenvalue weighted by molar-refractivity contribution is 14.1. The maximum atomic E-state index is 11.8. The van der Waals surface area contributed by atoms with Gasteiger partial charge in [0.15, 0.2) is 6.61 Å². The third-order valence-electron chi connectivity index (χ3n) is 3.80. The molecule has 0 aliphatic heterocycles. The number of carbonyl (C=O) groups is 1. The van der Waals surface area contributed by atoms with Crippen LogP contribution in [-0.2, 0) is 11.4 Å². The number of carbonyl (C=O) groups excluding carboxylic acids is 1. The van der Waals surface area contributed by atoms with Crippen molar-refractivity contribution in [2.24, 2.45) is 5.10 Å². The zero-order chi connectivity index (χ0) is 20.5.